The summed E-state index contributed by atoms with van der Waals surface area (Å²) in [7, 11) is 1.26. The number of aryl methyl sites for hydroxylation is 2. The zero-order chi connectivity index (χ0) is 9.30. The van der Waals surface area contributed by atoms with Crippen molar-refractivity contribution in [1.82, 2.24) is 10.2 Å². The molecule has 0 fully saturated rings. The van der Waals surface area contributed by atoms with Gasteiger partial charge in [0.25, 0.3) is 5.91 Å². The summed E-state index contributed by atoms with van der Waals surface area (Å²) in [6.45, 7) is 3.27. The number of amides is 1. The molecule has 1 aromatic heterocycles. The number of hydrogen-bond acceptors (Lipinski definition) is 4. The molecular weight excluding hydrogens is 160 g/mol. The second kappa shape index (κ2) is 2.94. The van der Waals surface area contributed by atoms with E-state index in [1.807, 2.05) is 0 Å². The normalized spacial score (nSPS) is 10.0. The van der Waals surface area contributed by atoms with E-state index in [1.165, 1.54) is 7.05 Å². The van der Waals surface area contributed by atoms with Crippen LogP contribution in [0.5, 0.6) is 0 Å². The van der Waals surface area contributed by atoms with Crippen molar-refractivity contribution in [3.8, 4) is 0 Å². The first kappa shape index (κ1) is 8.73. The smallest absolute Gasteiger partial charge is 0.282 e. The number of carbonyl (C=O) groups is 1. The minimum atomic E-state index is -0.508. The molecule has 0 bridgehead atoms. The molecule has 5 nitrogen and oxygen atoms in total. The van der Waals surface area contributed by atoms with Crippen LogP contribution in [0.15, 0.2) is 4.52 Å². The number of rotatable bonds is 1. The van der Waals surface area contributed by atoms with E-state index < -0.39 is 5.91 Å². The maximum absolute atomic E-state index is 11.2. The van der Waals surface area contributed by atoms with Gasteiger partial charge in [0.1, 0.15) is 11.3 Å². The largest absolute Gasteiger partial charge is 0.361 e. The predicted molar refractivity (Wildman–Crippen MR) is 39.9 cm³/mol. The molecule has 0 aromatic carbocycles. The van der Waals surface area contributed by atoms with Gasteiger partial charge in [0.15, 0.2) is 0 Å². The highest BCUT2D eigenvalue weighted by Crippen LogP contribution is 2.13. The average Bonchev–Trinajstić information content (AvgIpc) is 2.30. The molecule has 12 heavy (non-hydrogen) atoms. The summed E-state index contributed by atoms with van der Waals surface area (Å²) < 4.78 is 4.76. The molecule has 0 saturated heterocycles. The van der Waals surface area contributed by atoms with Crippen molar-refractivity contribution in [3.05, 3.63) is 17.0 Å². The Morgan fingerprint density at radius 1 is 1.58 bits per heavy atom. The lowest BCUT2D eigenvalue weighted by atomic mass is 10.2. The van der Waals surface area contributed by atoms with Gasteiger partial charge in [-0.25, -0.2) is 5.06 Å². The molecular formula is C7H10N2O3. The summed E-state index contributed by atoms with van der Waals surface area (Å²) >= 11 is 0. The topological polar surface area (TPSA) is 66.6 Å². The summed E-state index contributed by atoms with van der Waals surface area (Å²) in [5, 5.41) is 12.9. The summed E-state index contributed by atoms with van der Waals surface area (Å²) in [6.07, 6.45) is 0. The quantitative estimate of drug-likeness (QED) is 0.499. The Morgan fingerprint density at radius 3 is 2.50 bits per heavy atom. The van der Waals surface area contributed by atoms with Crippen molar-refractivity contribution in [3.63, 3.8) is 0 Å². The minimum Gasteiger partial charge on any atom is -0.361 e. The second-order valence-electron chi connectivity index (χ2n) is 2.53. The Morgan fingerprint density at radius 2 is 2.17 bits per heavy atom. The fourth-order valence-electron chi connectivity index (χ4n) is 0.950. The van der Waals surface area contributed by atoms with Crippen LogP contribution >= 0.6 is 0 Å². The van der Waals surface area contributed by atoms with Crippen molar-refractivity contribution < 1.29 is 14.5 Å². The Hall–Kier alpha value is -1.36. The number of carbonyl (C=O) groups excluding carboxylic acids is 1. The van der Waals surface area contributed by atoms with Gasteiger partial charge in [0, 0.05) is 7.05 Å². The molecule has 0 unspecified atom stereocenters. The highest BCUT2D eigenvalue weighted by Gasteiger charge is 2.19. The standard InChI is InChI=1S/C7H10N2O3/c1-4-6(5(2)12-8-4)7(10)9(3)11/h11H,1-3H3. The SMILES string of the molecule is Cc1noc(C)c1C(=O)N(C)O. The van der Waals surface area contributed by atoms with Crippen LogP contribution in [0.3, 0.4) is 0 Å². The van der Waals surface area contributed by atoms with Gasteiger partial charge in [-0.2, -0.15) is 0 Å². The lowest BCUT2D eigenvalue weighted by Crippen LogP contribution is -2.23. The van der Waals surface area contributed by atoms with Gasteiger partial charge in [-0.05, 0) is 13.8 Å². The van der Waals surface area contributed by atoms with Gasteiger partial charge in [-0.3, -0.25) is 10.0 Å². The van der Waals surface area contributed by atoms with E-state index in [4.69, 9.17) is 9.73 Å². The van der Waals surface area contributed by atoms with Crippen molar-refractivity contribution in [2.45, 2.75) is 13.8 Å². The zero-order valence-corrected chi connectivity index (χ0v) is 7.16. The van der Waals surface area contributed by atoms with E-state index in [-0.39, 0.29) is 0 Å². The maximum atomic E-state index is 11.2. The van der Waals surface area contributed by atoms with Crippen LogP contribution in [-0.2, 0) is 0 Å². The second-order valence-corrected chi connectivity index (χ2v) is 2.53. The number of aromatic nitrogens is 1. The number of nitrogens with zero attached hydrogens (tertiary/aromatic N) is 2. The molecule has 0 radical (unpaired) electrons. The van der Waals surface area contributed by atoms with E-state index in [2.05, 4.69) is 5.16 Å². The molecule has 0 aliphatic rings. The molecule has 0 saturated carbocycles. The van der Waals surface area contributed by atoms with Crippen LogP contribution in [-0.4, -0.2) is 28.4 Å². The average molecular weight is 170 g/mol. The van der Waals surface area contributed by atoms with E-state index in [1.54, 1.807) is 13.8 Å². The van der Waals surface area contributed by atoms with Crippen LogP contribution in [0.2, 0.25) is 0 Å². The van der Waals surface area contributed by atoms with Gasteiger partial charge < -0.3 is 4.52 Å². The predicted octanol–water partition coefficient (Wildman–Crippen LogP) is 0.753. The maximum Gasteiger partial charge on any atom is 0.282 e. The van der Waals surface area contributed by atoms with Gasteiger partial charge in [0.2, 0.25) is 0 Å². The Kier molecular flexibility index (Phi) is 2.14. The Bertz CT molecular complexity index is 284. The monoisotopic (exact) mass is 170 g/mol. The van der Waals surface area contributed by atoms with Gasteiger partial charge in [0.05, 0.1) is 5.69 Å². The van der Waals surface area contributed by atoms with Crippen LogP contribution in [0.4, 0.5) is 0 Å². The summed E-state index contributed by atoms with van der Waals surface area (Å²) in [4.78, 5) is 11.2. The number of hydroxylamine groups is 2. The first-order valence-electron chi connectivity index (χ1n) is 3.44. The summed E-state index contributed by atoms with van der Waals surface area (Å²) in [6, 6.07) is 0. The zero-order valence-electron chi connectivity index (χ0n) is 7.16. The lowest BCUT2D eigenvalue weighted by molar-refractivity contribution is -0.0376. The van der Waals surface area contributed by atoms with Crippen molar-refractivity contribution in [1.29, 1.82) is 0 Å². The lowest BCUT2D eigenvalue weighted by Gasteiger charge is -2.06. The summed E-state index contributed by atoms with van der Waals surface area (Å²) in [5.41, 5.74) is 0.804. The van der Waals surface area contributed by atoms with E-state index in [0.717, 1.165) is 0 Å². The molecule has 0 atom stereocenters. The summed E-state index contributed by atoms with van der Waals surface area (Å²) in [5.74, 6) is -0.0929. The van der Waals surface area contributed by atoms with E-state index >= 15 is 0 Å². The molecule has 1 N–H and O–H groups in total. The van der Waals surface area contributed by atoms with Crippen LogP contribution in [0.1, 0.15) is 21.8 Å². The van der Waals surface area contributed by atoms with Gasteiger partial charge in [-0.15, -0.1) is 0 Å². The highest BCUT2D eigenvalue weighted by molar-refractivity contribution is 5.95. The first-order valence-corrected chi connectivity index (χ1v) is 3.44. The van der Waals surface area contributed by atoms with Crippen LogP contribution < -0.4 is 0 Å². The van der Waals surface area contributed by atoms with Crippen LogP contribution in [0.25, 0.3) is 0 Å². The third-order valence-corrected chi connectivity index (χ3v) is 1.54. The molecule has 1 aromatic rings. The van der Waals surface area contributed by atoms with Crippen LogP contribution in [0, 0.1) is 13.8 Å². The molecule has 0 spiro atoms. The fraction of sp³-hybridized carbons (Fsp3) is 0.429. The molecule has 0 aliphatic heterocycles. The van der Waals surface area contributed by atoms with Gasteiger partial charge in [-0.1, -0.05) is 5.16 Å². The molecule has 1 amide bonds. The van der Waals surface area contributed by atoms with E-state index in [9.17, 15) is 4.79 Å². The third-order valence-electron chi connectivity index (χ3n) is 1.54. The van der Waals surface area contributed by atoms with Crippen molar-refractivity contribution >= 4 is 5.91 Å². The van der Waals surface area contributed by atoms with E-state index in [0.29, 0.717) is 22.1 Å². The Labute approximate surface area is 69.5 Å². The van der Waals surface area contributed by atoms with Crippen molar-refractivity contribution in [2.24, 2.45) is 0 Å². The molecule has 1 rings (SSSR count). The fourth-order valence-corrected chi connectivity index (χ4v) is 0.950. The molecule has 5 heteroatoms. The molecule has 0 aliphatic carbocycles. The highest BCUT2D eigenvalue weighted by atomic mass is 16.5. The molecule has 1 heterocycles. The minimum absolute atomic E-state index is 0.319. The van der Waals surface area contributed by atoms with Gasteiger partial charge >= 0.3 is 0 Å². The molecule has 66 valence electrons. The Balaban J connectivity index is 3.09. The van der Waals surface area contributed by atoms with Crippen molar-refractivity contribution in [2.75, 3.05) is 7.05 Å². The first-order chi connectivity index (χ1) is 5.54. The third kappa shape index (κ3) is 1.31. The number of hydrogen-bond donors (Lipinski definition) is 1.